The molecule has 1 aliphatic carbocycles. The van der Waals surface area contributed by atoms with E-state index in [1.165, 1.54) is 19.3 Å². The van der Waals surface area contributed by atoms with Gasteiger partial charge in [-0.25, -0.2) is 5.53 Å². The van der Waals surface area contributed by atoms with Crippen LogP contribution in [0.2, 0.25) is 0 Å². The van der Waals surface area contributed by atoms with Crippen LogP contribution in [0.5, 0.6) is 0 Å². The molecule has 15 heavy (non-hydrogen) atoms. The fraction of sp³-hybridized carbons (Fsp3) is 0.750. The van der Waals surface area contributed by atoms with Crippen LogP contribution in [0.4, 0.5) is 0 Å². The second-order valence-electron chi connectivity index (χ2n) is 4.50. The summed E-state index contributed by atoms with van der Waals surface area (Å²) in [5.74, 6) is 0.772. The Hall–Kier alpha value is -0.990. The summed E-state index contributed by atoms with van der Waals surface area (Å²) in [7, 11) is 0. The van der Waals surface area contributed by atoms with E-state index in [0.717, 1.165) is 12.8 Å². The van der Waals surface area contributed by atoms with Gasteiger partial charge in [0.05, 0.1) is 5.70 Å². The molecule has 1 atom stereocenters. The summed E-state index contributed by atoms with van der Waals surface area (Å²) >= 11 is 0. The molecule has 0 aliphatic heterocycles. The molecule has 0 aromatic heterocycles. The fourth-order valence-electron chi connectivity index (χ4n) is 2.48. The van der Waals surface area contributed by atoms with Gasteiger partial charge in [0.25, 0.3) is 0 Å². The summed E-state index contributed by atoms with van der Waals surface area (Å²) in [4.78, 5) is 11.6. The number of nitrogens with zero attached hydrogens (tertiary/aromatic N) is 1. The molecule has 1 N–H and O–H groups in total. The predicted molar refractivity (Wildman–Crippen MR) is 59.7 cm³/mol. The van der Waals surface area contributed by atoms with Crippen molar-refractivity contribution in [3.8, 4) is 0 Å². The normalized spacial score (nSPS) is 19.5. The lowest BCUT2D eigenvalue weighted by Gasteiger charge is -2.28. The van der Waals surface area contributed by atoms with Crippen LogP contribution < -0.4 is 0 Å². The fourth-order valence-corrected chi connectivity index (χ4v) is 2.48. The molecular formula is C12H20N2O. The number of allylic oxidation sites excluding steroid dienone is 1. The maximum absolute atomic E-state index is 11.6. The standard InChI is InChI=1S/C12H20N2O/c1-9(14-13)8-12(10(2)15)11-6-4-3-5-7-11/h11-13H,1,3-8H2,2H3/t12-/m1/s1. The minimum Gasteiger partial charge on any atom is -0.300 e. The molecule has 1 saturated carbocycles. The van der Waals surface area contributed by atoms with E-state index in [0.29, 0.717) is 18.0 Å². The van der Waals surface area contributed by atoms with E-state index in [-0.39, 0.29) is 11.7 Å². The average molecular weight is 208 g/mol. The van der Waals surface area contributed by atoms with Gasteiger partial charge in [0.15, 0.2) is 0 Å². The zero-order valence-electron chi connectivity index (χ0n) is 9.46. The maximum Gasteiger partial charge on any atom is 0.133 e. The highest BCUT2D eigenvalue weighted by molar-refractivity contribution is 5.78. The van der Waals surface area contributed by atoms with Gasteiger partial charge in [-0.15, -0.1) is 0 Å². The van der Waals surface area contributed by atoms with E-state index in [4.69, 9.17) is 5.53 Å². The van der Waals surface area contributed by atoms with Crippen LogP contribution in [-0.2, 0) is 4.79 Å². The maximum atomic E-state index is 11.6. The van der Waals surface area contributed by atoms with Crippen molar-refractivity contribution in [3.63, 3.8) is 0 Å². The number of rotatable bonds is 5. The summed E-state index contributed by atoms with van der Waals surface area (Å²) < 4.78 is 0. The number of carbonyl (C=O) groups excluding carboxylic acids is 1. The Bertz CT molecular complexity index is 254. The first kappa shape index (κ1) is 12.1. The van der Waals surface area contributed by atoms with Gasteiger partial charge in [-0.05, 0) is 25.7 Å². The third-order valence-corrected chi connectivity index (χ3v) is 3.35. The Balaban J connectivity index is 2.59. The van der Waals surface area contributed by atoms with Crippen molar-refractivity contribution >= 4 is 5.78 Å². The second kappa shape index (κ2) is 5.79. The highest BCUT2D eigenvalue weighted by atomic mass is 16.1. The summed E-state index contributed by atoms with van der Waals surface area (Å²) in [6.45, 7) is 5.33. The largest absolute Gasteiger partial charge is 0.300 e. The van der Waals surface area contributed by atoms with Crippen molar-refractivity contribution in [1.82, 2.24) is 0 Å². The number of ketones is 1. The van der Waals surface area contributed by atoms with Gasteiger partial charge in [-0.2, -0.15) is 5.11 Å². The second-order valence-corrected chi connectivity index (χ2v) is 4.50. The van der Waals surface area contributed by atoms with Crippen LogP contribution in [-0.4, -0.2) is 5.78 Å². The lowest BCUT2D eigenvalue weighted by Crippen LogP contribution is -2.24. The van der Waals surface area contributed by atoms with E-state index in [9.17, 15) is 4.79 Å². The van der Waals surface area contributed by atoms with Crippen LogP contribution in [0.3, 0.4) is 0 Å². The molecule has 1 aliphatic rings. The van der Waals surface area contributed by atoms with E-state index in [2.05, 4.69) is 11.7 Å². The minimum atomic E-state index is 0.0481. The van der Waals surface area contributed by atoms with E-state index >= 15 is 0 Å². The Labute approximate surface area is 91.5 Å². The first-order valence-electron chi connectivity index (χ1n) is 5.71. The number of Topliss-reactive ketones (excluding diaryl/α,β-unsaturated/α-hetero) is 1. The highest BCUT2D eigenvalue weighted by Crippen LogP contribution is 2.33. The summed E-state index contributed by atoms with van der Waals surface area (Å²) in [5, 5.41) is 3.31. The summed E-state index contributed by atoms with van der Waals surface area (Å²) in [5.41, 5.74) is 7.40. The van der Waals surface area contributed by atoms with Gasteiger partial charge in [-0.1, -0.05) is 25.8 Å². The first-order chi connectivity index (χ1) is 7.15. The molecule has 3 nitrogen and oxygen atoms in total. The van der Waals surface area contributed by atoms with Gasteiger partial charge in [0.1, 0.15) is 5.78 Å². The van der Waals surface area contributed by atoms with Crippen LogP contribution >= 0.6 is 0 Å². The van der Waals surface area contributed by atoms with Crippen molar-refractivity contribution in [2.24, 2.45) is 17.0 Å². The SMILES string of the molecule is C=C(C[C@H](C(C)=O)C1CCCCC1)N=N. The highest BCUT2D eigenvalue weighted by Gasteiger charge is 2.27. The van der Waals surface area contributed by atoms with Gasteiger partial charge < -0.3 is 0 Å². The zero-order chi connectivity index (χ0) is 11.3. The van der Waals surface area contributed by atoms with Crippen LogP contribution in [0.15, 0.2) is 17.4 Å². The quantitative estimate of drug-likeness (QED) is 0.688. The van der Waals surface area contributed by atoms with Crippen molar-refractivity contribution < 1.29 is 4.79 Å². The zero-order valence-corrected chi connectivity index (χ0v) is 9.46. The van der Waals surface area contributed by atoms with Crippen molar-refractivity contribution in [3.05, 3.63) is 12.3 Å². The molecule has 0 bridgehead atoms. The molecule has 0 heterocycles. The molecule has 0 spiro atoms. The molecule has 84 valence electrons. The molecular weight excluding hydrogens is 188 g/mol. The number of hydrogen-bond acceptors (Lipinski definition) is 3. The van der Waals surface area contributed by atoms with Gasteiger partial charge in [0, 0.05) is 12.3 Å². The monoisotopic (exact) mass is 208 g/mol. The van der Waals surface area contributed by atoms with Crippen LogP contribution in [0.1, 0.15) is 45.4 Å². The molecule has 0 amide bonds. The Morgan fingerprint density at radius 2 is 2.07 bits per heavy atom. The van der Waals surface area contributed by atoms with E-state index in [1.54, 1.807) is 6.92 Å². The smallest absolute Gasteiger partial charge is 0.133 e. The molecule has 0 saturated heterocycles. The van der Waals surface area contributed by atoms with E-state index in [1.807, 2.05) is 0 Å². The van der Waals surface area contributed by atoms with Gasteiger partial charge in [-0.3, -0.25) is 4.79 Å². The van der Waals surface area contributed by atoms with Gasteiger partial charge in [0.2, 0.25) is 0 Å². The molecule has 1 rings (SSSR count). The number of carbonyl (C=O) groups is 1. The topological polar surface area (TPSA) is 53.3 Å². The Kier molecular flexibility index (Phi) is 4.66. The molecule has 1 fully saturated rings. The Morgan fingerprint density at radius 1 is 1.47 bits per heavy atom. The average Bonchev–Trinajstić information content (AvgIpc) is 2.26. The predicted octanol–water partition coefficient (Wildman–Crippen LogP) is 3.71. The Morgan fingerprint density at radius 3 is 2.53 bits per heavy atom. The van der Waals surface area contributed by atoms with E-state index < -0.39 is 0 Å². The van der Waals surface area contributed by atoms with Crippen LogP contribution in [0, 0.1) is 17.4 Å². The third-order valence-electron chi connectivity index (χ3n) is 3.35. The molecule has 0 radical (unpaired) electrons. The third kappa shape index (κ3) is 3.57. The van der Waals surface area contributed by atoms with Crippen molar-refractivity contribution in [2.45, 2.75) is 45.4 Å². The van der Waals surface area contributed by atoms with Gasteiger partial charge >= 0.3 is 0 Å². The lowest BCUT2D eigenvalue weighted by atomic mass is 9.76. The molecule has 3 heteroatoms. The first-order valence-corrected chi connectivity index (χ1v) is 5.71. The molecule has 0 aromatic carbocycles. The lowest BCUT2D eigenvalue weighted by molar-refractivity contribution is -0.122. The summed E-state index contributed by atoms with van der Waals surface area (Å²) in [6, 6.07) is 0. The number of hydrogen-bond donors (Lipinski definition) is 1. The minimum absolute atomic E-state index is 0.0481. The van der Waals surface area contributed by atoms with Crippen molar-refractivity contribution in [2.75, 3.05) is 0 Å². The number of nitrogens with one attached hydrogen (secondary N) is 1. The summed E-state index contributed by atoms with van der Waals surface area (Å²) in [6.07, 6.45) is 6.64. The molecule has 0 unspecified atom stereocenters. The van der Waals surface area contributed by atoms with Crippen molar-refractivity contribution in [1.29, 1.82) is 5.53 Å². The van der Waals surface area contributed by atoms with Crippen LogP contribution in [0.25, 0.3) is 0 Å². The molecule has 0 aromatic rings.